The fourth-order valence-electron chi connectivity index (χ4n) is 3.23. The van der Waals surface area contributed by atoms with Gasteiger partial charge in [-0.25, -0.2) is 13.2 Å². The van der Waals surface area contributed by atoms with Gasteiger partial charge in [0, 0.05) is 29.2 Å². The summed E-state index contributed by atoms with van der Waals surface area (Å²) in [7, 11) is 0. The molecular weight excluding hydrogens is 337 g/mol. The quantitative estimate of drug-likeness (QED) is 0.602. The molecule has 0 amide bonds. The van der Waals surface area contributed by atoms with Gasteiger partial charge in [0.25, 0.3) is 0 Å². The Hall–Kier alpha value is -2.95. The molecule has 3 aromatic carbocycles. The molecule has 0 fully saturated rings. The maximum absolute atomic E-state index is 13.8. The van der Waals surface area contributed by atoms with Gasteiger partial charge in [0.05, 0.1) is 0 Å². The largest absolute Gasteiger partial charge is 0.381 e. The van der Waals surface area contributed by atoms with Gasteiger partial charge in [-0.1, -0.05) is 18.2 Å². The smallest absolute Gasteiger partial charge is 0.166 e. The van der Waals surface area contributed by atoms with Gasteiger partial charge >= 0.3 is 0 Å². The molecule has 4 rings (SSSR count). The van der Waals surface area contributed by atoms with E-state index in [0.29, 0.717) is 0 Å². The summed E-state index contributed by atoms with van der Waals surface area (Å²) in [6.07, 6.45) is 1.77. The molecule has 0 spiro atoms. The van der Waals surface area contributed by atoms with Crippen LogP contribution in [-0.2, 0) is 19.4 Å². The predicted molar refractivity (Wildman–Crippen MR) is 97.2 cm³/mol. The van der Waals surface area contributed by atoms with Crippen molar-refractivity contribution < 1.29 is 13.2 Å². The highest BCUT2D eigenvalue weighted by Gasteiger charge is 2.15. The summed E-state index contributed by atoms with van der Waals surface area (Å²) in [5, 5.41) is 6.42. The molecule has 3 aromatic rings. The average molecular weight is 354 g/mol. The molecule has 0 bridgehead atoms. The number of para-hydroxylation sites is 1. The number of rotatable bonds is 3. The number of hydrogen-bond acceptors (Lipinski definition) is 2. The van der Waals surface area contributed by atoms with Gasteiger partial charge in [0.1, 0.15) is 5.82 Å². The lowest BCUT2D eigenvalue weighted by molar-refractivity contribution is 0.482. The van der Waals surface area contributed by atoms with Gasteiger partial charge < -0.3 is 10.6 Å². The van der Waals surface area contributed by atoms with E-state index in [2.05, 4.69) is 16.7 Å². The summed E-state index contributed by atoms with van der Waals surface area (Å²) in [5.41, 5.74) is 4.91. The monoisotopic (exact) mass is 354 g/mol. The van der Waals surface area contributed by atoms with Crippen LogP contribution in [0.4, 0.5) is 30.2 Å². The van der Waals surface area contributed by atoms with E-state index in [9.17, 15) is 13.2 Å². The number of halogens is 3. The van der Waals surface area contributed by atoms with Crippen LogP contribution >= 0.6 is 0 Å². The van der Waals surface area contributed by atoms with Crippen molar-refractivity contribution in [2.24, 2.45) is 0 Å². The van der Waals surface area contributed by atoms with Crippen molar-refractivity contribution in [3.05, 3.63) is 88.7 Å². The first-order valence-corrected chi connectivity index (χ1v) is 8.46. The van der Waals surface area contributed by atoms with Crippen molar-refractivity contribution in [1.29, 1.82) is 0 Å². The first-order chi connectivity index (χ1) is 12.6. The van der Waals surface area contributed by atoms with Gasteiger partial charge in [0.2, 0.25) is 0 Å². The summed E-state index contributed by atoms with van der Waals surface area (Å²) in [6, 6.07) is 15.6. The Labute approximate surface area is 149 Å². The molecule has 0 saturated carbocycles. The number of anilines is 3. The number of aryl methyl sites for hydroxylation is 2. The number of benzene rings is 3. The number of fused-ring (bicyclic) bond motifs is 2. The van der Waals surface area contributed by atoms with Gasteiger partial charge in [-0.3, -0.25) is 0 Å². The van der Waals surface area contributed by atoms with E-state index in [1.807, 2.05) is 36.4 Å². The lowest BCUT2D eigenvalue weighted by Crippen LogP contribution is -2.07. The highest BCUT2D eigenvalue weighted by atomic mass is 19.2. The molecule has 26 heavy (non-hydrogen) atoms. The third-order valence-corrected chi connectivity index (χ3v) is 4.66. The van der Waals surface area contributed by atoms with Crippen molar-refractivity contribution in [3.63, 3.8) is 0 Å². The van der Waals surface area contributed by atoms with Crippen molar-refractivity contribution in [2.45, 2.75) is 19.4 Å². The average Bonchev–Trinajstić information content (AvgIpc) is 2.84. The van der Waals surface area contributed by atoms with E-state index in [-0.39, 0.29) is 12.1 Å². The molecule has 0 aliphatic carbocycles. The van der Waals surface area contributed by atoms with E-state index >= 15 is 0 Å². The molecule has 0 atom stereocenters. The molecule has 132 valence electrons. The summed E-state index contributed by atoms with van der Waals surface area (Å²) in [6.45, 7) is -0.123. The molecule has 5 heteroatoms. The van der Waals surface area contributed by atoms with E-state index in [1.54, 1.807) is 0 Å². The third kappa shape index (κ3) is 3.12. The van der Waals surface area contributed by atoms with Crippen LogP contribution < -0.4 is 10.6 Å². The topological polar surface area (TPSA) is 24.1 Å². The maximum atomic E-state index is 13.8. The molecule has 0 saturated heterocycles. The molecule has 0 aromatic heterocycles. The van der Waals surface area contributed by atoms with Gasteiger partial charge in [-0.05, 0) is 60.4 Å². The standard InChI is InChI=1S/C21H17F3N2/c22-17-8-9-18(23)21(24)16(17)12-25-15-7-10-20-14(11-15)6-5-13-3-1-2-4-19(13)26-20/h1-4,7-11,25-26H,5-6,12H2. The Balaban J connectivity index is 1.55. The Morgan fingerprint density at radius 1 is 0.808 bits per heavy atom. The molecule has 1 aliphatic rings. The van der Waals surface area contributed by atoms with Crippen molar-refractivity contribution in [3.8, 4) is 0 Å². The van der Waals surface area contributed by atoms with E-state index < -0.39 is 17.5 Å². The van der Waals surface area contributed by atoms with Crippen molar-refractivity contribution in [1.82, 2.24) is 0 Å². The second kappa shape index (κ2) is 6.75. The zero-order valence-electron chi connectivity index (χ0n) is 14.0. The predicted octanol–water partition coefficient (Wildman–Crippen LogP) is 5.56. The van der Waals surface area contributed by atoms with Gasteiger partial charge in [0.15, 0.2) is 11.6 Å². The van der Waals surface area contributed by atoms with Crippen LogP contribution in [0, 0.1) is 17.5 Å². The van der Waals surface area contributed by atoms with Crippen LogP contribution in [0.25, 0.3) is 0 Å². The number of nitrogens with one attached hydrogen (secondary N) is 2. The molecule has 0 unspecified atom stereocenters. The lowest BCUT2D eigenvalue weighted by Gasteiger charge is -2.13. The third-order valence-electron chi connectivity index (χ3n) is 4.66. The first kappa shape index (κ1) is 16.5. The molecule has 0 radical (unpaired) electrons. The van der Waals surface area contributed by atoms with Crippen LogP contribution in [0.3, 0.4) is 0 Å². The Morgan fingerprint density at radius 2 is 1.54 bits per heavy atom. The zero-order valence-corrected chi connectivity index (χ0v) is 14.0. The van der Waals surface area contributed by atoms with Crippen LogP contribution in [0.15, 0.2) is 54.6 Å². The van der Waals surface area contributed by atoms with E-state index in [1.165, 1.54) is 5.56 Å². The fourth-order valence-corrected chi connectivity index (χ4v) is 3.23. The van der Waals surface area contributed by atoms with Crippen LogP contribution in [0.2, 0.25) is 0 Å². The van der Waals surface area contributed by atoms with Crippen molar-refractivity contribution in [2.75, 3.05) is 10.6 Å². The summed E-state index contributed by atoms with van der Waals surface area (Å²) < 4.78 is 40.8. The molecule has 1 aliphatic heterocycles. The van der Waals surface area contributed by atoms with Crippen LogP contribution in [0.1, 0.15) is 16.7 Å². The minimum absolute atomic E-state index is 0.123. The highest BCUT2D eigenvalue weighted by Crippen LogP contribution is 2.31. The van der Waals surface area contributed by atoms with Gasteiger partial charge in [-0.15, -0.1) is 0 Å². The minimum Gasteiger partial charge on any atom is -0.381 e. The molecule has 2 N–H and O–H groups in total. The Morgan fingerprint density at radius 3 is 2.42 bits per heavy atom. The molecule has 1 heterocycles. The van der Waals surface area contributed by atoms with Crippen LogP contribution in [0.5, 0.6) is 0 Å². The zero-order chi connectivity index (χ0) is 18.1. The lowest BCUT2D eigenvalue weighted by atomic mass is 10.0. The maximum Gasteiger partial charge on any atom is 0.166 e. The SMILES string of the molecule is Fc1ccc(F)c(CNc2ccc3c(c2)CCc2ccccc2N3)c1F. The fraction of sp³-hybridized carbons (Fsp3) is 0.143. The van der Waals surface area contributed by atoms with Gasteiger partial charge in [-0.2, -0.15) is 0 Å². The molecule has 2 nitrogen and oxygen atoms in total. The Bertz CT molecular complexity index is 969. The normalized spacial score (nSPS) is 12.6. The second-order valence-corrected chi connectivity index (χ2v) is 6.33. The molecular formula is C21H17F3N2. The van der Waals surface area contributed by atoms with Crippen molar-refractivity contribution >= 4 is 17.1 Å². The first-order valence-electron chi connectivity index (χ1n) is 8.46. The Kier molecular flexibility index (Phi) is 4.29. The summed E-state index contributed by atoms with van der Waals surface area (Å²) in [4.78, 5) is 0. The van der Waals surface area contributed by atoms with E-state index in [0.717, 1.165) is 47.6 Å². The summed E-state index contributed by atoms with van der Waals surface area (Å²) in [5.74, 6) is -2.96. The summed E-state index contributed by atoms with van der Waals surface area (Å²) >= 11 is 0. The minimum atomic E-state index is -1.15. The number of hydrogen-bond donors (Lipinski definition) is 2. The van der Waals surface area contributed by atoms with E-state index in [4.69, 9.17) is 0 Å². The second-order valence-electron chi connectivity index (χ2n) is 6.33. The highest BCUT2D eigenvalue weighted by molar-refractivity contribution is 5.70. The van der Waals surface area contributed by atoms with Crippen LogP contribution in [-0.4, -0.2) is 0 Å².